The van der Waals surface area contributed by atoms with E-state index in [1.54, 1.807) is 11.1 Å². The van der Waals surface area contributed by atoms with Crippen LogP contribution in [-0.4, -0.2) is 5.78 Å². The number of fused-ring (bicyclic) bond motifs is 2. The molecule has 0 N–H and O–H groups in total. The Bertz CT molecular complexity index is 686. The topological polar surface area (TPSA) is 17.1 Å². The van der Waals surface area contributed by atoms with Crippen LogP contribution < -0.4 is 0 Å². The monoisotopic (exact) mass is 292 g/mol. The lowest BCUT2D eigenvalue weighted by Gasteiger charge is -2.08. The van der Waals surface area contributed by atoms with E-state index < -0.39 is 0 Å². The van der Waals surface area contributed by atoms with E-state index in [1.807, 2.05) is 31.2 Å². The molecule has 4 rings (SSSR count). The van der Waals surface area contributed by atoms with E-state index in [9.17, 15) is 4.79 Å². The molecule has 0 heterocycles. The van der Waals surface area contributed by atoms with Crippen LogP contribution in [0.3, 0.4) is 0 Å². The normalized spacial score (nSPS) is 25.2. The lowest BCUT2D eigenvalue weighted by molar-refractivity contribution is 0.0946. The van der Waals surface area contributed by atoms with Crippen molar-refractivity contribution in [2.75, 3.05) is 0 Å². The van der Waals surface area contributed by atoms with Crippen molar-refractivity contribution < 1.29 is 4.79 Å². The van der Waals surface area contributed by atoms with Gasteiger partial charge in [0.15, 0.2) is 5.78 Å². The van der Waals surface area contributed by atoms with Crippen molar-refractivity contribution in [2.45, 2.75) is 39.5 Å². The summed E-state index contributed by atoms with van der Waals surface area (Å²) in [6.45, 7) is 6.66. The minimum atomic E-state index is 0.201. The summed E-state index contributed by atoms with van der Waals surface area (Å²) in [5.41, 5.74) is 5.28. The fourth-order valence-electron chi connectivity index (χ4n) is 3.62. The number of benzene rings is 2. The van der Waals surface area contributed by atoms with Crippen molar-refractivity contribution in [3.63, 3.8) is 0 Å². The second kappa shape index (κ2) is 6.08. The molecular weight excluding hydrogens is 268 g/mol. The van der Waals surface area contributed by atoms with E-state index in [-0.39, 0.29) is 5.92 Å². The van der Waals surface area contributed by atoms with E-state index in [4.69, 9.17) is 0 Å². The van der Waals surface area contributed by atoms with Crippen LogP contribution >= 0.6 is 0 Å². The highest BCUT2D eigenvalue weighted by Crippen LogP contribution is 2.36. The molecule has 0 saturated carbocycles. The summed E-state index contributed by atoms with van der Waals surface area (Å²) in [5.74, 6) is 2.12. The Labute approximate surface area is 133 Å². The number of Topliss-reactive ketones (excluding diaryl/α,β-unsaturated/α-hetero) is 1. The molecule has 0 bridgehead atoms. The Morgan fingerprint density at radius 1 is 0.818 bits per heavy atom. The fourth-order valence-corrected chi connectivity index (χ4v) is 3.62. The molecule has 1 nitrogen and oxygen atoms in total. The molecule has 1 unspecified atom stereocenters. The third-order valence-corrected chi connectivity index (χ3v) is 5.20. The van der Waals surface area contributed by atoms with Gasteiger partial charge in [-0.3, -0.25) is 4.79 Å². The van der Waals surface area contributed by atoms with Gasteiger partial charge >= 0.3 is 0 Å². The van der Waals surface area contributed by atoms with Crippen LogP contribution in [0.2, 0.25) is 0 Å². The molecule has 2 aromatic rings. The average Bonchev–Trinajstić information content (AvgIpc) is 2.98. The van der Waals surface area contributed by atoms with Crippen LogP contribution in [-0.2, 0) is 12.8 Å². The lowest BCUT2D eigenvalue weighted by atomic mass is 9.97. The minimum absolute atomic E-state index is 0.201. The van der Waals surface area contributed by atoms with Gasteiger partial charge in [0.05, 0.1) is 0 Å². The van der Waals surface area contributed by atoms with E-state index >= 15 is 0 Å². The molecule has 0 amide bonds. The van der Waals surface area contributed by atoms with Crippen LogP contribution in [0.25, 0.3) is 0 Å². The molecule has 0 fully saturated rings. The van der Waals surface area contributed by atoms with E-state index in [0.717, 1.165) is 23.8 Å². The maximum Gasteiger partial charge on any atom is 0.166 e. The highest BCUT2D eigenvalue weighted by molar-refractivity contribution is 6.01. The number of carbonyl (C=O) groups excluding carboxylic acids is 1. The van der Waals surface area contributed by atoms with E-state index in [1.165, 1.54) is 12.0 Å². The lowest BCUT2D eigenvalue weighted by Crippen LogP contribution is -2.02. The van der Waals surface area contributed by atoms with Gasteiger partial charge < -0.3 is 0 Å². The van der Waals surface area contributed by atoms with Crippen molar-refractivity contribution in [3.8, 4) is 0 Å². The van der Waals surface area contributed by atoms with Crippen LogP contribution in [0.5, 0.6) is 0 Å². The zero-order chi connectivity index (χ0) is 15.7. The smallest absolute Gasteiger partial charge is 0.166 e. The molecule has 3 atom stereocenters. The molecule has 114 valence electrons. The van der Waals surface area contributed by atoms with Crippen LogP contribution in [0.4, 0.5) is 0 Å². The Hall–Kier alpha value is -1.89. The Balaban J connectivity index is 0.000000131. The highest BCUT2D eigenvalue weighted by Gasteiger charge is 2.25. The van der Waals surface area contributed by atoms with Crippen molar-refractivity contribution in [1.82, 2.24) is 0 Å². The van der Waals surface area contributed by atoms with E-state index in [0.29, 0.717) is 5.78 Å². The molecule has 2 aromatic carbocycles. The number of ketones is 1. The van der Waals surface area contributed by atoms with Gasteiger partial charge in [-0.25, -0.2) is 0 Å². The molecule has 0 aromatic heterocycles. The van der Waals surface area contributed by atoms with Gasteiger partial charge in [0.1, 0.15) is 0 Å². The standard InChI is InChI=1S/C11H14.C10H10O/c1-8-7-10-5-3-4-6-11(10)9(8)2;1-7-6-8-4-2-3-5-9(8)10(7)11/h3-6,8-9H,7H2,1-2H3;2-5,7H,6H2,1H3/t8-,9-;/m0./s1. The predicted octanol–water partition coefficient (Wildman–Crippen LogP) is 5.04. The van der Waals surface area contributed by atoms with Crippen molar-refractivity contribution in [1.29, 1.82) is 0 Å². The predicted molar refractivity (Wildman–Crippen MR) is 91.4 cm³/mol. The summed E-state index contributed by atoms with van der Waals surface area (Å²) < 4.78 is 0. The van der Waals surface area contributed by atoms with Gasteiger partial charge in [0, 0.05) is 11.5 Å². The van der Waals surface area contributed by atoms with Crippen molar-refractivity contribution >= 4 is 5.78 Å². The molecule has 2 aliphatic carbocycles. The summed E-state index contributed by atoms with van der Waals surface area (Å²) in [5, 5.41) is 0. The minimum Gasteiger partial charge on any atom is -0.294 e. The molecule has 2 aliphatic rings. The Morgan fingerprint density at radius 2 is 1.45 bits per heavy atom. The van der Waals surface area contributed by atoms with Crippen LogP contribution in [0.1, 0.15) is 53.7 Å². The van der Waals surface area contributed by atoms with Crippen molar-refractivity contribution in [3.05, 3.63) is 70.8 Å². The van der Waals surface area contributed by atoms with Gasteiger partial charge in [-0.05, 0) is 41.4 Å². The third kappa shape index (κ3) is 2.72. The van der Waals surface area contributed by atoms with Crippen LogP contribution in [0, 0.1) is 11.8 Å². The Kier molecular flexibility index (Phi) is 4.15. The molecule has 22 heavy (non-hydrogen) atoms. The zero-order valence-corrected chi connectivity index (χ0v) is 13.7. The molecule has 0 spiro atoms. The number of hydrogen-bond donors (Lipinski definition) is 0. The van der Waals surface area contributed by atoms with E-state index in [2.05, 4.69) is 38.1 Å². The maximum atomic E-state index is 11.4. The number of carbonyl (C=O) groups is 1. The van der Waals surface area contributed by atoms with Gasteiger partial charge in [0.25, 0.3) is 0 Å². The number of rotatable bonds is 0. The highest BCUT2D eigenvalue weighted by atomic mass is 16.1. The molecular formula is C21H24O. The Morgan fingerprint density at radius 3 is 2.14 bits per heavy atom. The van der Waals surface area contributed by atoms with Crippen molar-refractivity contribution in [2.24, 2.45) is 11.8 Å². The third-order valence-electron chi connectivity index (χ3n) is 5.20. The number of hydrogen-bond acceptors (Lipinski definition) is 1. The molecule has 0 saturated heterocycles. The first-order chi connectivity index (χ1) is 10.6. The molecule has 1 heteroatoms. The first-order valence-electron chi connectivity index (χ1n) is 8.28. The summed E-state index contributed by atoms with van der Waals surface area (Å²) >= 11 is 0. The largest absolute Gasteiger partial charge is 0.294 e. The summed E-state index contributed by atoms with van der Waals surface area (Å²) in [6.07, 6.45) is 2.20. The van der Waals surface area contributed by atoms with Gasteiger partial charge in [0.2, 0.25) is 0 Å². The van der Waals surface area contributed by atoms with Gasteiger partial charge in [-0.1, -0.05) is 69.3 Å². The first kappa shape index (κ1) is 15.0. The second-order valence-corrected chi connectivity index (χ2v) is 6.80. The summed E-state index contributed by atoms with van der Waals surface area (Å²) in [4.78, 5) is 11.4. The fraction of sp³-hybridized carbons (Fsp3) is 0.381. The zero-order valence-electron chi connectivity index (χ0n) is 13.7. The van der Waals surface area contributed by atoms with Gasteiger partial charge in [-0.15, -0.1) is 0 Å². The maximum absolute atomic E-state index is 11.4. The first-order valence-corrected chi connectivity index (χ1v) is 8.28. The van der Waals surface area contributed by atoms with Gasteiger partial charge in [-0.2, -0.15) is 0 Å². The SMILES string of the molecule is CC1Cc2ccccc2C1=O.C[C@@H]1c2ccccc2C[C@@H]1C. The second-order valence-electron chi connectivity index (χ2n) is 6.80. The molecule has 0 aliphatic heterocycles. The molecule has 0 radical (unpaired) electrons. The average molecular weight is 292 g/mol. The summed E-state index contributed by atoms with van der Waals surface area (Å²) in [7, 11) is 0. The quantitative estimate of drug-likeness (QED) is 0.664. The summed E-state index contributed by atoms with van der Waals surface area (Å²) in [6, 6.07) is 16.7. The van der Waals surface area contributed by atoms with Crippen LogP contribution in [0.15, 0.2) is 48.5 Å².